The number of carbonyl (C=O) groups excluding carboxylic acids is 1. The second-order valence-electron chi connectivity index (χ2n) is 7.96. The third kappa shape index (κ3) is 3.92. The fraction of sp³-hybridized carbons (Fsp3) is 0.435. The first-order valence-electron chi connectivity index (χ1n) is 10.0. The molecule has 1 heterocycles. The summed E-state index contributed by atoms with van der Waals surface area (Å²) in [4.78, 5) is 15.9. The zero-order chi connectivity index (χ0) is 18.7. The van der Waals surface area contributed by atoms with Crippen molar-refractivity contribution in [1.29, 1.82) is 0 Å². The number of carbonyl (C=O) groups is 1. The molecule has 4 rings (SSSR count). The summed E-state index contributed by atoms with van der Waals surface area (Å²) in [5.74, 6) is 0.463. The summed E-state index contributed by atoms with van der Waals surface area (Å²) < 4.78 is 0. The Morgan fingerprint density at radius 2 is 1.41 bits per heavy atom. The summed E-state index contributed by atoms with van der Waals surface area (Å²) in [7, 11) is 0. The molecule has 2 N–H and O–H groups in total. The molecule has 0 bridgehead atoms. The van der Waals surface area contributed by atoms with Gasteiger partial charge in [0.2, 0.25) is 5.91 Å². The van der Waals surface area contributed by atoms with Crippen LogP contribution >= 0.6 is 0 Å². The van der Waals surface area contributed by atoms with E-state index in [9.17, 15) is 4.79 Å². The molecule has 1 saturated carbocycles. The van der Waals surface area contributed by atoms with Gasteiger partial charge in [-0.25, -0.2) is 0 Å². The van der Waals surface area contributed by atoms with Crippen molar-refractivity contribution < 1.29 is 4.79 Å². The first-order valence-corrected chi connectivity index (χ1v) is 10.0. The van der Waals surface area contributed by atoms with Crippen molar-refractivity contribution in [1.82, 2.24) is 9.80 Å². The van der Waals surface area contributed by atoms with Crippen LogP contribution < -0.4 is 5.73 Å². The van der Waals surface area contributed by atoms with Gasteiger partial charge in [0, 0.05) is 51.1 Å². The molecule has 2 aromatic carbocycles. The Morgan fingerprint density at radius 3 is 1.93 bits per heavy atom. The van der Waals surface area contributed by atoms with Gasteiger partial charge < -0.3 is 15.5 Å². The van der Waals surface area contributed by atoms with Crippen LogP contribution in [-0.4, -0.2) is 55.0 Å². The summed E-state index contributed by atoms with van der Waals surface area (Å²) in [5, 5.41) is 0. The predicted octanol–water partition coefficient (Wildman–Crippen LogP) is 2.49. The molecule has 27 heavy (non-hydrogen) atoms. The van der Waals surface area contributed by atoms with Gasteiger partial charge in [-0.2, -0.15) is 0 Å². The van der Waals surface area contributed by atoms with Gasteiger partial charge in [-0.1, -0.05) is 60.7 Å². The molecule has 2 fully saturated rings. The molecule has 0 spiro atoms. The van der Waals surface area contributed by atoms with E-state index in [1.165, 1.54) is 17.5 Å². The Bertz CT molecular complexity index is 714. The van der Waals surface area contributed by atoms with Crippen molar-refractivity contribution in [2.45, 2.75) is 18.3 Å². The maximum absolute atomic E-state index is 11.0. The summed E-state index contributed by atoms with van der Waals surface area (Å²) >= 11 is 0. The van der Waals surface area contributed by atoms with Crippen molar-refractivity contribution in [3.8, 4) is 0 Å². The highest BCUT2D eigenvalue weighted by Crippen LogP contribution is 2.59. The second-order valence-corrected chi connectivity index (χ2v) is 7.96. The quantitative estimate of drug-likeness (QED) is 0.822. The lowest BCUT2D eigenvalue weighted by molar-refractivity contribution is -0.118. The SMILES string of the molecule is NC(=O)CCN1CCN(CC2CC2(c2ccccc2)c2ccccc2)CC1. The molecule has 142 valence electrons. The molecular weight excluding hydrogens is 334 g/mol. The predicted molar refractivity (Wildman–Crippen MR) is 108 cm³/mol. The number of benzene rings is 2. The Kier molecular flexibility index (Phi) is 5.28. The lowest BCUT2D eigenvalue weighted by Crippen LogP contribution is -2.47. The standard InChI is InChI=1S/C23H29N3O/c24-22(27)11-12-25-13-15-26(16-14-25)18-21-17-23(21,19-7-3-1-4-8-19)20-9-5-2-6-10-20/h1-10,21H,11-18H2,(H2,24,27). The molecular formula is C23H29N3O. The summed E-state index contributed by atoms with van der Waals surface area (Å²) in [6, 6.07) is 22.0. The van der Waals surface area contributed by atoms with Crippen molar-refractivity contribution in [2.24, 2.45) is 11.7 Å². The van der Waals surface area contributed by atoms with Crippen LogP contribution in [0.4, 0.5) is 0 Å². The third-order valence-corrected chi connectivity index (χ3v) is 6.30. The number of amides is 1. The maximum atomic E-state index is 11.0. The monoisotopic (exact) mass is 363 g/mol. The summed E-state index contributed by atoms with van der Waals surface area (Å²) in [6.45, 7) is 6.16. The first kappa shape index (κ1) is 18.2. The molecule has 0 radical (unpaired) electrons. The van der Waals surface area contributed by atoms with Crippen LogP contribution in [0.5, 0.6) is 0 Å². The fourth-order valence-corrected chi connectivity index (χ4v) is 4.67. The van der Waals surface area contributed by atoms with Gasteiger partial charge in [0.25, 0.3) is 0 Å². The summed E-state index contributed by atoms with van der Waals surface area (Å²) in [5.41, 5.74) is 8.34. The smallest absolute Gasteiger partial charge is 0.218 e. The van der Waals surface area contributed by atoms with Crippen molar-refractivity contribution in [3.63, 3.8) is 0 Å². The lowest BCUT2D eigenvalue weighted by Gasteiger charge is -2.35. The average Bonchev–Trinajstić information content (AvgIpc) is 3.44. The van der Waals surface area contributed by atoms with Gasteiger partial charge in [0.15, 0.2) is 0 Å². The molecule has 4 nitrogen and oxygen atoms in total. The van der Waals surface area contributed by atoms with Crippen LogP contribution in [0, 0.1) is 5.92 Å². The molecule has 0 aromatic heterocycles. The second kappa shape index (κ2) is 7.83. The van der Waals surface area contributed by atoms with Crippen LogP contribution in [0.15, 0.2) is 60.7 Å². The van der Waals surface area contributed by atoms with Gasteiger partial charge in [0.1, 0.15) is 0 Å². The highest BCUT2D eigenvalue weighted by molar-refractivity contribution is 5.73. The van der Waals surface area contributed by atoms with E-state index in [2.05, 4.69) is 70.5 Å². The largest absolute Gasteiger partial charge is 0.370 e. The highest BCUT2D eigenvalue weighted by Gasteiger charge is 2.56. The number of hydrogen-bond donors (Lipinski definition) is 1. The Morgan fingerprint density at radius 1 is 0.889 bits per heavy atom. The van der Waals surface area contributed by atoms with Gasteiger partial charge in [-0.3, -0.25) is 4.79 Å². The fourth-order valence-electron chi connectivity index (χ4n) is 4.67. The third-order valence-electron chi connectivity index (χ3n) is 6.30. The minimum absolute atomic E-state index is 0.172. The molecule has 1 saturated heterocycles. The van der Waals surface area contributed by atoms with Crippen LogP contribution in [0.1, 0.15) is 24.0 Å². The Hall–Kier alpha value is -2.17. The van der Waals surface area contributed by atoms with E-state index < -0.39 is 0 Å². The van der Waals surface area contributed by atoms with E-state index in [1.807, 2.05) is 0 Å². The van der Waals surface area contributed by atoms with Crippen LogP contribution in [-0.2, 0) is 10.2 Å². The van der Waals surface area contributed by atoms with Crippen LogP contribution in [0.25, 0.3) is 0 Å². The van der Waals surface area contributed by atoms with E-state index in [0.717, 1.165) is 39.3 Å². The number of nitrogens with zero attached hydrogens (tertiary/aromatic N) is 2. The Labute approximate surface area is 162 Å². The van der Waals surface area contributed by atoms with Gasteiger partial charge in [0.05, 0.1) is 0 Å². The molecule has 1 atom stereocenters. The van der Waals surface area contributed by atoms with E-state index in [-0.39, 0.29) is 11.3 Å². The Balaban J connectivity index is 1.41. The number of primary amides is 1. The number of rotatable bonds is 7. The van der Waals surface area contributed by atoms with E-state index in [4.69, 9.17) is 5.73 Å². The topological polar surface area (TPSA) is 49.6 Å². The van der Waals surface area contributed by atoms with Gasteiger partial charge in [-0.05, 0) is 23.5 Å². The van der Waals surface area contributed by atoms with Crippen molar-refractivity contribution in [2.75, 3.05) is 39.3 Å². The molecule has 1 aliphatic carbocycles. The van der Waals surface area contributed by atoms with E-state index in [1.54, 1.807) is 0 Å². The van der Waals surface area contributed by atoms with Crippen molar-refractivity contribution >= 4 is 5.91 Å². The molecule has 2 aromatic rings. The van der Waals surface area contributed by atoms with Gasteiger partial charge >= 0.3 is 0 Å². The van der Waals surface area contributed by atoms with E-state index >= 15 is 0 Å². The summed E-state index contributed by atoms with van der Waals surface area (Å²) in [6.07, 6.45) is 1.69. The normalized spacial score (nSPS) is 22.4. The molecule has 4 heteroatoms. The van der Waals surface area contributed by atoms with Crippen molar-refractivity contribution in [3.05, 3.63) is 71.8 Å². The van der Waals surface area contributed by atoms with Crippen LogP contribution in [0.2, 0.25) is 0 Å². The highest BCUT2D eigenvalue weighted by atomic mass is 16.1. The van der Waals surface area contributed by atoms with Crippen LogP contribution in [0.3, 0.4) is 0 Å². The zero-order valence-electron chi connectivity index (χ0n) is 15.9. The number of nitrogens with two attached hydrogens (primary N) is 1. The van der Waals surface area contributed by atoms with E-state index in [0.29, 0.717) is 12.3 Å². The first-order chi connectivity index (χ1) is 13.2. The minimum atomic E-state index is -0.203. The zero-order valence-corrected chi connectivity index (χ0v) is 15.9. The lowest BCUT2D eigenvalue weighted by atomic mass is 9.85. The molecule has 1 unspecified atom stereocenters. The number of hydrogen-bond acceptors (Lipinski definition) is 3. The average molecular weight is 364 g/mol. The molecule has 2 aliphatic rings. The molecule has 1 aliphatic heterocycles. The minimum Gasteiger partial charge on any atom is -0.370 e. The number of piperazine rings is 1. The van der Waals surface area contributed by atoms with Gasteiger partial charge in [-0.15, -0.1) is 0 Å². The maximum Gasteiger partial charge on any atom is 0.218 e. The molecule has 1 amide bonds.